The lowest BCUT2D eigenvalue weighted by Gasteiger charge is -2.21. The fourth-order valence-corrected chi connectivity index (χ4v) is 5.74. The van der Waals surface area contributed by atoms with Gasteiger partial charge in [0.25, 0.3) is 0 Å². The van der Waals surface area contributed by atoms with Gasteiger partial charge < -0.3 is 0 Å². The molecule has 1 heteroatoms. The van der Waals surface area contributed by atoms with Gasteiger partial charge in [-0.25, -0.2) is 0 Å². The van der Waals surface area contributed by atoms with Crippen LogP contribution in [0.15, 0.2) is 12.2 Å². The lowest BCUT2D eigenvalue weighted by atomic mass is 9.82. The van der Waals surface area contributed by atoms with Crippen LogP contribution in [-0.2, 0) is 4.79 Å². The minimum Gasteiger partial charge on any atom is -0.299 e. The standard InChI is InChI=1S/C13H16O/c1-11-6-8-4-3-5-13(8)10(11)12(13,2)9(14)7-11/h3-4,8,10H,5-7H2,1-2H3/t8-,10+,11+,12?,13?/m0/s1. The van der Waals surface area contributed by atoms with Crippen molar-refractivity contribution in [1.29, 1.82) is 0 Å². The average Bonchev–Trinajstić information content (AvgIpc) is 2.37. The Morgan fingerprint density at radius 3 is 2.93 bits per heavy atom. The molecule has 0 amide bonds. The molecule has 1 nitrogen and oxygen atoms in total. The minimum absolute atomic E-state index is 0.0775. The van der Waals surface area contributed by atoms with E-state index in [9.17, 15) is 4.79 Å². The van der Waals surface area contributed by atoms with Crippen LogP contribution < -0.4 is 0 Å². The van der Waals surface area contributed by atoms with Gasteiger partial charge in [-0.05, 0) is 35.5 Å². The SMILES string of the molecule is CC12C(=O)C[C@@]3(C)C[C@@H]4C=CCC41[C@@H]23. The molecule has 4 aliphatic rings. The summed E-state index contributed by atoms with van der Waals surface area (Å²) >= 11 is 0. The molecule has 3 saturated carbocycles. The Hall–Kier alpha value is -0.590. The van der Waals surface area contributed by atoms with Gasteiger partial charge in [0, 0.05) is 11.8 Å². The topological polar surface area (TPSA) is 17.1 Å². The third-order valence-corrected chi connectivity index (χ3v) is 5.99. The fourth-order valence-electron chi connectivity index (χ4n) is 5.74. The summed E-state index contributed by atoms with van der Waals surface area (Å²) in [5.74, 6) is 2.01. The summed E-state index contributed by atoms with van der Waals surface area (Å²) < 4.78 is 0. The quantitative estimate of drug-likeness (QED) is 0.534. The van der Waals surface area contributed by atoms with Crippen LogP contribution in [0, 0.1) is 28.1 Å². The van der Waals surface area contributed by atoms with E-state index in [-0.39, 0.29) is 5.41 Å². The first kappa shape index (κ1) is 7.67. The molecule has 0 aromatic carbocycles. The van der Waals surface area contributed by atoms with Gasteiger partial charge in [-0.1, -0.05) is 26.0 Å². The number of ketones is 1. The van der Waals surface area contributed by atoms with E-state index in [4.69, 9.17) is 0 Å². The summed E-state index contributed by atoms with van der Waals surface area (Å²) in [6.45, 7) is 4.59. The molecular weight excluding hydrogens is 172 g/mol. The highest BCUT2D eigenvalue weighted by Crippen LogP contribution is 2.91. The molecule has 4 rings (SSSR count). The molecule has 0 bridgehead atoms. The van der Waals surface area contributed by atoms with Gasteiger partial charge >= 0.3 is 0 Å². The molecule has 74 valence electrons. The molecule has 0 aliphatic heterocycles. The van der Waals surface area contributed by atoms with Crippen molar-refractivity contribution in [2.45, 2.75) is 33.1 Å². The van der Waals surface area contributed by atoms with Gasteiger partial charge in [0.05, 0.1) is 0 Å². The Labute approximate surface area is 84.6 Å². The first-order valence-corrected chi connectivity index (χ1v) is 5.76. The maximum absolute atomic E-state index is 12.1. The van der Waals surface area contributed by atoms with E-state index in [0.29, 0.717) is 16.6 Å². The summed E-state index contributed by atoms with van der Waals surface area (Å²) in [5, 5.41) is 0. The zero-order valence-electron chi connectivity index (χ0n) is 8.84. The number of hydrogen-bond acceptors (Lipinski definition) is 1. The van der Waals surface area contributed by atoms with Crippen LogP contribution in [0.2, 0.25) is 0 Å². The number of rotatable bonds is 0. The van der Waals surface area contributed by atoms with Crippen molar-refractivity contribution in [3.63, 3.8) is 0 Å². The number of allylic oxidation sites excluding steroid dienone is 2. The highest BCUT2D eigenvalue weighted by molar-refractivity contribution is 5.95. The normalized spacial score (nSPS) is 67.1. The predicted octanol–water partition coefficient (Wildman–Crippen LogP) is 2.57. The van der Waals surface area contributed by atoms with Gasteiger partial charge in [-0.15, -0.1) is 0 Å². The molecule has 0 saturated heterocycles. The van der Waals surface area contributed by atoms with Crippen LogP contribution in [0.25, 0.3) is 0 Å². The monoisotopic (exact) mass is 188 g/mol. The lowest BCUT2D eigenvalue weighted by Crippen LogP contribution is -2.21. The van der Waals surface area contributed by atoms with Crippen LogP contribution in [0.4, 0.5) is 0 Å². The maximum Gasteiger partial charge on any atom is 0.140 e. The van der Waals surface area contributed by atoms with Crippen molar-refractivity contribution in [3.05, 3.63) is 12.2 Å². The first-order chi connectivity index (χ1) is 6.56. The largest absolute Gasteiger partial charge is 0.299 e. The summed E-state index contributed by atoms with van der Waals surface area (Å²) in [4.78, 5) is 12.1. The van der Waals surface area contributed by atoms with E-state index < -0.39 is 0 Å². The molecule has 0 radical (unpaired) electrons. The lowest BCUT2D eigenvalue weighted by molar-refractivity contribution is -0.124. The Bertz CT molecular complexity index is 396. The maximum atomic E-state index is 12.1. The van der Waals surface area contributed by atoms with Crippen molar-refractivity contribution >= 4 is 5.78 Å². The molecule has 0 aromatic heterocycles. The van der Waals surface area contributed by atoms with Gasteiger partial charge in [-0.3, -0.25) is 4.79 Å². The zero-order valence-corrected chi connectivity index (χ0v) is 8.84. The van der Waals surface area contributed by atoms with E-state index >= 15 is 0 Å². The van der Waals surface area contributed by atoms with Crippen molar-refractivity contribution in [2.24, 2.45) is 28.1 Å². The molecule has 4 aliphatic carbocycles. The van der Waals surface area contributed by atoms with Crippen molar-refractivity contribution in [3.8, 4) is 0 Å². The van der Waals surface area contributed by atoms with Crippen LogP contribution in [0.3, 0.4) is 0 Å². The third kappa shape index (κ3) is 0.433. The average molecular weight is 188 g/mol. The molecular formula is C13H16O. The van der Waals surface area contributed by atoms with E-state index in [1.165, 1.54) is 12.8 Å². The molecule has 0 aromatic rings. The second-order valence-electron chi connectivity index (χ2n) is 6.37. The Morgan fingerprint density at radius 1 is 1.43 bits per heavy atom. The smallest absolute Gasteiger partial charge is 0.140 e. The fraction of sp³-hybridized carbons (Fsp3) is 0.769. The van der Waals surface area contributed by atoms with E-state index in [2.05, 4.69) is 26.0 Å². The summed E-state index contributed by atoms with van der Waals surface area (Å²) in [5.41, 5.74) is 0.840. The van der Waals surface area contributed by atoms with Gasteiger partial charge in [0.15, 0.2) is 0 Å². The van der Waals surface area contributed by atoms with E-state index in [1.54, 1.807) is 0 Å². The zero-order chi connectivity index (χ0) is 9.77. The number of Topliss-reactive ketones (excluding diaryl/α,β-unsaturated/α-hetero) is 1. The predicted molar refractivity (Wildman–Crippen MR) is 53.6 cm³/mol. The van der Waals surface area contributed by atoms with Gasteiger partial charge in [-0.2, -0.15) is 0 Å². The summed E-state index contributed by atoms with van der Waals surface area (Å²) in [6.07, 6.45) is 8.03. The van der Waals surface area contributed by atoms with Crippen molar-refractivity contribution in [1.82, 2.24) is 0 Å². The van der Waals surface area contributed by atoms with Crippen LogP contribution in [0.5, 0.6) is 0 Å². The number of carbonyl (C=O) groups is 1. The van der Waals surface area contributed by atoms with Crippen molar-refractivity contribution in [2.75, 3.05) is 0 Å². The molecule has 1 spiro atoms. The number of hydrogen-bond donors (Lipinski definition) is 0. The highest BCUT2D eigenvalue weighted by Gasteiger charge is 2.90. The minimum atomic E-state index is 0.0775. The Morgan fingerprint density at radius 2 is 2.21 bits per heavy atom. The van der Waals surface area contributed by atoms with E-state index in [1.807, 2.05) is 0 Å². The summed E-state index contributed by atoms with van der Waals surface area (Å²) in [7, 11) is 0. The van der Waals surface area contributed by atoms with Crippen LogP contribution in [0.1, 0.15) is 33.1 Å². The highest BCUT2D eigenvalue weighted by atomic mass is 16.1. The van der Waals surface area contributed by atoms with Gasteiger partial charge in [0.1, 0.15) is 5.78 Å². The first-order valence-electron chi connectivity index (χ1n) is 5.76. The number of carbonyl (C=O) groups excluding carboxylic acids is 1. The summed E-state index contributed by atoms with van der Waals surface area (Å²) in [6, 6.07) is 0. The molecule has 3 fully saturated rings. The second kappa shape index (κ2) is 1.64. The van der Waals surface area contributed by atoms with Gasteiger partial charge in [0.2, 0.25) is 0 Å². The van der Waals surface area contributed by atoms with Crippen LogP contribution in [-0.4, -0.2) is 5.78 Å². The molecule has 0 N–H and O–H groups in total. The van der Waals surface area contributed by atoms with Crippen LogP contribution >= 0.6 is 0 Å². The molecule has 14 heavy (non-hydrogen) atoms. The Kier molecular flexibility index (Phi) is 0.897. The van der Waals surface area contributed by atoms with Crippen molar-refractivity contribution < 1.29 is 4.79 Å². The molecule has 0 heterocycles. The molecule has 2 unspecified atom stereocenters. The Balaban J connectivity index is 1.97. The molecule has 5 atom stereocenters. The second-order valence-corrected chi connectivity index (χ2v) is 6.37. The third-order valence-electron chi connectivity index (χ3n) is 5.99. The van der Waals surface area contributed by atoms with E-state index in [0.717, 1.165) is 18.3 Å².